The number of aryl methyl sites for hydroxylation is 1. The molecular formula is C11H12N6OS. The molecule has 0 saturated heterocycles. The molecule has 3 rings (SSSR count). The summed E-state index contributed by atoms with van der Waals surface area (Å²) in [6, 6.07) is 0. The minimum atomic E-state index is -0.144. The first-order chi connectivity index (χ1) is 9.10. The van der Waals surface area contributed by atoms with Gasteiger partial charge in [-0.05, 0) is 0 Å². The van der Waals surface area contributed by atoms with Crippen LogP contribution >= 0.6 is 11.3 Å². The van der Waals surface area contributed by atoms with Crippen LogP contribution in [0.5, 0.6) is 0 Å². The number of hydrogen-bond acceptors (Lipinski definition) is 6. The number of amides is 1. The van der Waals surface area contributed by atoms with Crippen molar-refractivity contribution < 1.29 is 4.79 Å². The molecule has 0 aliphatic carbocycles. The molecule has 19 heavy (non-hydrogen) atoms. The van der Waals surface area contributed by atoms with Gasteiger partial charge in [-0.2, -0.15) is 0 Å². The fraction of sp³-hybridized carbons (Fsp3) is 0.273. The van der Waals surface area contributed by atoms with Crippen LogP contribution in [0.15, 0.2) is 6.33 Å². The van der Waals surface area contributed by atoms with Crippen LogP contribution in [0.3, 0.4) is 0 Å². The zero-order chi connectivity index (χ0) is 13.6. The molecule has 7 nitrogen and oxygen atoms in total. The minimum Gasteiger partial charge on any atom is -0.371 e. The summed E-state index contributed by atoms with van der Waals surface area (Å²) in [4.78, 5) is 25.1. The number of pyridine rings is 1. The van der Waals surface area contributed by atoms with E-state index in [-0.39, 0.29) is 5.91 Å². The first kappa shape index (κ1) is 11.8. The molecular weight excluding hydrogens is 264 g/mol. The molecule has 0 radical (unpaired) electrons. The molecule has 3 aromatic heterocycles. The molecule has 0 unspecified atom stereocenters. The molecule has 3 heterocycles. The van der Waals surface area contributed by atoms with Gasteiger partial charge in [0.25, 0.3) is 0 Å². The largest absolute Gasteiger partial charge is 0.371 e. The highest BCUT2D eigenvalue weighted by atomic mass is 32.1. The summed E-state index contributed by atoms with van der Waals surface area (Å²) < 4.78 is 1.90. The number of imidazole rings is 1. The molecule has 1 amide bonds. The normalized spacial score (nSPS) is 11.1. The third-order valence-electron chi connectivity index (χ3n) is 2.73. The SMILES string of the molecule is CNc1nc2sc(NC(C)=O)nc2c2c1ncn2C. The Morgan fingerprint density at radius 2 is 2.16 bits per heavy atom. The molecule has 0 fully saturated rings. The monoisotopic (exact) mass is 276 g/mol. The maximum absolute atomic E-state index is 11.1. The minimum absolute atomic E-state index is 0.144. The number of nitrogens with one attached hydrogen (secondary N) is 2. The summed E-state index contributed by atoms with van der Waals surface area (Å²) in [6.07, 6.45) is 1.73. The first-order valence-corrected chi connectivity index (χ1v) is 6.48. The average molecular weight is 276 g/mol. The zero-order valence-electron chi connectivity index (χ0n) is 10.7. The predicted octanol–water partition coefficient (Wildman–Crippen LogP) is 1.58. The number of carbonyl (C=O) groups is 1. The number of hydrogen-bond donors (Lipinski definition) is 2. The average Bonchev–Trinajstić information content (AvgIpc) is 2.90. The summed E-state index contributed by atoms with van der Waals surface area (Å²) in [5.41, 5.74) is 2.43. The Morgan fingerprint density at radius 1 is 1.37 bits per heavy atom. The van der Waals surface area contributed by atoms with Crippen molar-refractivity contribution in [2.75, 3.05) is 17.7 Å². The summed E-state index contributed by atoms with van der Waals surface area (Å²) in [5.74, 6) is 0.565. The van der Waals surface area contributed by atoms with E-state index in [9.17, 15) is 4.79 Å². The van der Waals surface area contributed by atoms with E-state index in [1.807, 2.05) is 11.6 Å². The molecule has 0 aliphatic rings. The Kier molecular flexibility index (Phi) is 2.59. The summed E-state index contributed by atoms with van der Waals surface area (Å²) in [6.45, 7) is 1.46. The Balaban J connectivity index is 2.34. The maximum atomic E-state index is 11.1. The lowest BCUT2D eigenvalue weighted by atomic mass is 10.3. The quantitative estimate of drug-likeness (QED) is 0.742. The molecule has 0 aliphatic heterocycles. The smallest absolute Gasteiger partial charge is 0.223 e. The molecule has 3 aromatic rings. The van der Waals surface area contributed by atoms with Crippen LogP contribution < -0.4 is 10.6 Å². The second kappa shape index (κ2) is 4.16. The van der Waals surface area contributed by atoms with Gasteiger partial charge in [0.05, 0.1) is 6.33 Å². The standard InChI is InChI=1S/C11H12N6OS/c1-5(18)14-11-15-7-8-6(13-4-17(8)3)9(12-2)16-10(7)19-11/h4H,1-3H3,(H,12,16)(H,14,15,18). The van der Waals surface area contributed by atoms with Gasteiger partial charge in [0.1, 0.15) is 21.4 Å². The van der Waals surface area contributed by atoms with Crippen molar-refractivity contribution in [3.05, 3.63) is 6.33 Å². The Labute approximate surface area is 112 Å². The van der Waals surface area contributed by atoms with Crippen LogP contribution in [0, 0.1) is 0 Å². The Hall–Kier alpha value is -2.22. The van der Waals surface area contributed by atoms with Gasteiger partial charge in [-0.3, -0.25) is 4.79 Å². The number of thiazole rings is 1. The van der Waals surface area contributed by atoms with E-state index in [0.717, 1.165) is 21.4 Å². The number of anilines is 2. The number of rotatable bonds is 2. The van der Waals surface area contributed by atoms with E-state index in [4.69, 9.17) is 0 Å². The van der Waals surface area contributed by atoms with E-state index in [2.05, 4.69) is 25.6 Å². The molecule has 0 atom stereocenters. The van der Waals surface area contributed by atoms with Crippen molar-refractivity contribution in [2.24, 2.45) is 7.05 Å². The topological polar surface area (TPSA) is 84.7 Å². The van der Waals surface area contributed by atoms with Gasteiger partial charge >= 0.3 is 0 Å². The van der Waals surface area contributed by atoms with Gasteiger partial charge in [-0.15, -0.1) is 0 Å². The number of nitrogens with zero attached hydrogens (tertiary/aromatic N) is 4. The fourth-order valence-corrected chi connectivity index (χ4v) is 2.85. The van der Waals surface area contributed by atoms with Gasteiger partial charge in [0.15, 0.2) is 10.9 Å². The van der Waals surface area contributed by atoms with Gasteiger partial charge in [0.2, 0.25) is 5.91 Å². The Morgan fingerprint density at radius 3 is 2.84 bits per heavy atom. The van der Waals surface area contributed by atoms with Crippen molar-refractivity contribution >= 4 is 49.6 Å². The Bertz CT molecular complexity index is 789. The van der Waals surface area contributed by atoms with Crippen LogP contribution in [-0.4, -0.2) is 32.5 Å². The van der Waals surface area contributed by atoms with Crippen LogP contribution in [0.4, 0.5) is 10.9 Å². The van der Waals surface area contributed by atoms with Crippen molar-refractivity contribution in [1.29, 1.82) is 0 Å². The number of carbonyl (C=O) groups excluding carboxylic acids is 1. The van der Waals surface area contributed by atoms with E-state index in [1.165, 1.54) is 18.3 Å². The van der Waals surface area contributed by atoms with Crippen LogP contribution in [0.2, 0.25) is 0 Å². The van der Waals surface area contributed by atoms with Gasteiger partial charge in [-0.1, -0.05) is 11.3 Å². The van der Waals surface area contributed by atoms with Gasteiger partial charge < -0.3 is 15.2 Å². The second-order valence-electron chi connectivity index (χ2n) is 4.12. The van der Waals surface area contributed by atoms with Crippen molar-refractivity contribution in [3.8, 4) is 0 Å². The van der Waals surface area contributed by atoms with E-state index < -0.39 is 0 Å². The molecule has 98 valence electrons. The number of fused-ring (bicyclic) bond motifs is 3. The maximum Gasteiger partial charge on any atom is 0.223 e. The first-order valence-electron chi connectivity index (χ1n) is 5.67. The van der Waals surface area contributed by atoms with Crippen LogP contribution in [-0.2, 0) is 11.8 Å². The highest BCUT2D eigenvalue weighted by Crippen LogP contribution is 2.32. The lowest BCUT2D eigenvalue weighted by Gasteiger charge is -2.01. The van der Waals surface area contributed by atoms with Crippen molar-refractivity contribution in [1.82, 2.24) is 19.5 Å². The highest BCUT2D eigenvalue weighted by molar-refractivity contribution is 7.22. The van der Waals surface area contributed by atoms with Crippen LogP contribution in [0.1, 0.15) is 6.92 Å². The summed E-state index contributed by atoms with van der Waals surface area (Å²) >= 11 is 1.35. The summed E-state index contributed by atoms with van der Waals surface area (Å²) in [5, 5.41) is 6.26. The van der Waals surface area contributed by atoms with Gasteiger partial charge in [0, 0.05) is 21.0 Å². The van der Waals surface area contributed by atoms with Crippen molar-refractivity contribution in [3.63, 3.8) is 0 Å². The van der Waals surface area contributed by atoms with E-state index >= 15 is 0 Å². The van der Waals surface area contributed by atoms with E-state index in [1.54, 1.807) is 13.4 Å². The van der Waals surface area contributed by atoms with E-state index in [0.29, 0.717) is 10.9 Å². The fourth-order valence-electron chi connectivity index (χ4n) is 1.96. The lowest BCUT2D eigenvalue weighted by molar-refractivity contribution is -0.114. The van der Waals surface area contributed by atoms with Crippen molar-refractivity contribution in [2.45, 2.75) is 6.92 Å². The second-order valence-corrected chi connectivity index (χ2v) is 5.09. The third kappa shape index (κ3) is 1.80. The highest BCUT2D eigenvalue weighted by Gasteiger charge is 2.16. The zero-order valence-corrected chi connectivity index (χ0v) is 11.5. The molecule has 8 heteroatoms. The summed E-state index contributed by atoms with van der Waals surface area (Å²) in [7, 11) is 3.71. The third-order valence-corrected chi connectivity index (χ3v) is 3.59. The molecule has 0 saturated carbocycles. The molecule has 0 aromatic carbocycles. The molecule has 2 N–H and O–H groups in total. The molecule has 0 spiro atoms. The predicted molar refractivity (Wildman–Crippen MR) is 75.5 cm³/mol. The lowest BCUT2D eigenvalue weighted by Crippen LogP contribution is -2.04. The molecule has 0 bridgehead atoms. The van der Waals surface area contributed by atoms with Crippen LogP contribution in [0.25, 0.3) is 21.4 Å². The van der Waals surface area contributed by atoms with Gasteiger partial charge in [-0.25, -0.2) is 15.0 Å². The number of aromatic nitrogens is 4.